The molecule has 0 saturated carbocycles. The van der Waals surface area contributed by atoms with Gasteiger partial charge in [-0.15, -0.1) is 5.10 Å². The van der Waals surface area contributed by atoms with Gasteiger partial charge < -0.3 is 5.11 Å². The highest BCUT2D eigenvalue weighted by atomic mass is 35.5. The van der Waals surface area contributed by atoms with Crippen molar-refractivity contribution >= 4 is 41.0 Å². The SMILES string of the molecule is O=C(CCn1cc(C(=O)O)cn1)Nc1ncn(Cc2ccc(Cl)c(Cl)c2)n1. The molecule has 2 N–H and O–H groups in total. The molecule has 3 rings (SSSR count). The molecule has 3 aromatic rings. The molecule has 11 heteroatoms. The van der Waals surface area contributed by atoms with Gasteiger partial charge in [-0.3, -0.25) is 14.8 Å². The number of halogens is 2. The average molecular weight is 409 g/mol. The number of carboxylic acid groups (broad SMARTS) is 1. The van der Waals surface area contributed by atoms with Crippen LogP contribution in [0.4, 0.5) is 5.95 Å². The molecule has 2 aromatic heterocycles. The molecule has 0 saturated heterocycles. The van der Waals surface area contributed by atoms with E-state index in [0.717, 1.165) is 5.56 Å². The van der Waals surface area contributed by atoms with Gasteiger partial charge in [0, 0.05) is 19.2 Å². The minimum atomic E-state index is -1.07. The minimum Gasteiger partial charge on any atom is -0.478 e. The van der Waals surface area contributed by atoms with Gasteiger partial charge in [-0.25, -0.2) is 14.5 Å². The normalized spacial score (nSPS) is 10.7. The lowest BCUT2D eigenvalue weighted by Crippen LogP contribution is -2.16. The Bertz CT molecular complexity index is 984. The fourth-order valence-electron chi connectivity index (χ4n) is 2.25. The molecule has 1 amide bonds. The molecule has 0 aliphatic carbocycles. The summed E-state index contributed by atoms with van der Waals surface area (Å²) < 4.78 is 2.95. The lowest BCUT2D eigenvalue weighted by Gasteiger charge is -2.03. The highest BCUT2D eigenvalue weighted by molar-refractivity contribution is 6.42. The van der Waals surface area contributed by atoms with Crippen molar-refractivity contribution in [2.45, 2.75) is 19.5 Å². The number of carbonyl (C=O) groups excluding carboxylic acids is 1. The van der Waals surface area contributed by atoms with E-state index in [0.29, 0.717) is 16.6 Å². The fraction of sp³-hybridized carbons (Fsp3) is 0.188. The zero-order chi connectivity index (χ0) is 19.4. The first kappa shape index (κ1) is 18.9. The van der Waals surface area contributed by atoms with Crippen molar-refractivity contribution in [1.29, 1.82) is 0 Å². The number of rotatable bonds is 7. The molecule has 1 aromatic carbocycles. The molecule has 9 nitrogen and oxygen atoms in total. The third-order valence-electron chi connectivity index (χ3n) is 3.56. The number of nitrogens with one attached hydrogen (secondary N) is 1. The molecular weight excluding hydrogens is 395 g/mol. The summed E-state index contributed by atoms with van der Waals surface area (Å²) in [5.74, 6) is -1.20. The quantitative estimate of drug-likeness (QED) is 0.620. The Kier molecular flexibility index (Phi) is 5.72. The van der Waals surface area contributed by atoms with Gasteiger partial charge in [0.2, 0.25) is 11.9 Å². The number of carbonyl (C=O) groups is 2. The van der Waals surface area contributed by atoms with Gasteiger partial charge >= 0.3 is 5.97 Å². The standard InChI is InChI=1S/C16H14Cl2N6O3/c17-12-2-1-10(5-13(12)18)7-24-9-19-16(22-24)21-14(25)3-4-23-8-11(6-20-23)15(26)27/h1-2,5-6,8-9H,3-4,7H2,(H,26,27)(H,21,22,25). The number of nitrogens with zero attached hydrogens (tertiary/aromatic N) is 5. The summed E-state index contributed by atoms with van der Waals surface area (Å²) in [6.45, 7) is 0.661. The van der Waals surface area contributed by atoms with Crippen LogP contribution in [-0.2, 0) is 17.9 Å². The second-order valence-corrected chi connectivity index (χ2v) is 6.42. The molecule has 140 valence electrons. The number of aromatic nitrogens is 5. The molecular formula is C16H14Cl2N6O3. The van der Waals surface area contributed by atoms with Gasteiger partial charge in [0.1, 0.15) is 6.33 Å². The highest BCUT2D eigenvalue weighted by Crippen LogP contribution is 2.22. The number of aryl methyl sites for hydroxylation is 1. The van der Waals surface area contributed by atoms with Crippen molar-refractivity contribution in [2.24, 2.45) is 0 Å². The largest absolute Gasteiger partial charge is 0.478 e. The summed E-state index contributed by atoms with van der Waals surface area (Å²) in [7, 11) is 0. The Morgan fingerprint density at radius 1 is 1.19 bits per heavy atom. The maximum Gasteiger partial charge on any atom is 0.338 e. The zero-order valence-corrected chi connectivity index (χ0v) is 15.4. The second kappa shape index (κ2) is 8.19. The Morgan fingerprint density at radius 3 is 2.70 bits per heavy atom. The summed E-state index contributed by atoms with van der Waals surface area (Å²) in [5, 5.41) is 20.4. The molecule has 0 atom stereocenters. The van der Waals surface area contributed by atoms with E-state index in [-0.39, 0.29) is 30.4 Å². The van der Waals surface area contributed by atoms with Gasteiger partial charge in [-0.2, -0.15) is 5.10 Å². The van der Waals surface area contributed by atoms with Gasteiger partial charge in [0.15, 0.2) is 0 Å². The third-order valence-corrected chi connectivity index (χ3v) is 4.30. The van der Waals surface area contributed by atoms with Crippen molar-refractivity contribution in [3.05, 3.63) is 58.1 Å². The number of aromatic carboxylic acids is 1. The minimum absolute atomic E-state index is 0.0677. The molecule has 0 aliphatic rings. The second-order valence-electron chi connectivity index (χ2n) is 5.61. The van der Waals surface area contributed by atoms with Crippen LogP contribution < -0.4 is 5.32 Å². The number of anilines is 1. The molecule has 0 fully saturated rings. The van der Waals surface area contributed by atoms with Crippen molar-refractivity contribution in [2.75, 3.05) is 5.32 Å². The molecule has 0 spiro atoms. The Labute approximate surface area is 163 Å². The molecule has 2 heterocycles. The summed E-state index contributed by atoms with van der Waals surface area (Å²) in [5.41, 5.74) is 0.957. The smallest absolute Gasteiger partial charge is 0.338 e. The first-order valence-corrected chi connectivity index (χ1v) is 8.55. The molecule has 0 radical (unpaired) electrons. The molecule has 0 aliphatic heterocycles. The Morgan fingerprint density at radius 2 is 2.00 bits per heavy atom. The number of hydrogen-bond acceptors (Lipinski definition) is 5. The van der Waals surface area contributed by atoms with E-state index < -0.39 is 5.97 Å². The maximum atomic E-state index is 12.0. The van der Waals surface area contributed by atoms with Crippen LogP contribution in [-0.4, -0.2) is 41.5 Å². The van der Waals surface area contributed by atoms with Crippen LogP contribution in [0.3, 0.4) is 0 Å². The van der Waals surface area contributed by atoms with Gasteiger partial charge in [0.05, 0.1) is 28.4 Å². The van der Waals surface area contributed by atoms with E-state index >= 15 is 0 Å². The van der Waals surface area contributed by atoms with E-state index in [2.05, 4.69) is 20.5 Å². The van der Waals surface area contributed by atoms with E-state index in [1.54, 1.807) is 16.8 Å². The number of amides is 1. The van der Waals surface area contributed by atoms with E-state index in [1.165, 1.54) is 23.4 Å². The number of carboxylic acids is 1. The fourth-order valence-corrected chi connectivity index (χ4v) is 2.57. The van der Waals surface area contributed by atoms with Gasteiger partial charge in [0.25, 0.3) is 0 Å². The van der Waals surface area contributed by atoms with Crippen LogP contribution in [0.2, 0.25) is 10.0 Å². The summed E-state index contributed by atoms with van der Waals surface area (Å²) in [6, 6.07) is 5.26. The number of benzene rings is 1. The van der Waals surface area contributed by atoms with Gasteiger partial charge in [-0.1, -0.05) is 29.3 Å². The van der Waals surface area contributed by atoms with E-state index in [4.69, 9.17) is 28.3 Å². The third kappa shape index (κ3) is 5.05. The molecule has 27 heavy (non-hydrogen) atoms. The monoisotopic (exact) mass is 408 g/mol. The van der Waals surface area contributed by atoms with Crippen LogP contribution in [0.15, 0.2) is 36.9 Å². The zero-order valence-electron chi connectivity index (χ0n) is 13.8. The van der Waals surface area contributed by atoms with Crippen LogP contribution in [0.25, 0.3) is 0 Å². The lowest BCUT2D eigenvalue weighted by molar-refractivity contribution is -0.116. The summed E-state index contributed by atoms with van der Waals surface area (Å²) in [6.07, 6.45) is 4.18. The Hall–Kier alpha value is -2.91. The van der Waals surface area contributed by atoms with Crippen molar-refractivity contribution < 1.29 is 14.7 Å². The van der Waals surface area contributed by atoms with E-state index in [9.17, 15) is 9.59 Å². The van der Waals surface area contributed by atoms with Crippen LogP contribution in [0, 0.1) is 0 Å². The molecule has 0 unspecified atom stereocenters. The van der Waals surface area contributed by atoms with Crippen molar-refractivity contribution in [3.63, 3.8) is 0 Å². The molecule has 0 bridgehead atoms. The first-order chi connectivity index (χ1) is 12.9. The predicted molar refractivity (Wildman–Crippen MR) is 98.0 cm³/mol. The first-order valence-electron chi connectivity index (χ1n) is 7.79. The van der Waals surface area contributed by atoms with Crippen molar-refractivity contribution in [3.8, 4) is 0 Å². The maximum absolute atomic E-state index is 12.0. The van der Waals surface area contributed by atoms with Crippen LogP contribution >= 0.6 is 23.2 Å². The average Bonchev–Trinajstić information content (AvgIpc) is 3.26. The highest BCUT2D eigenvalue weighted by Gasteiger charge is 2.10. The van der Waals surface area contributed by atoms with Crippen LogP contribution in [0.1, 0.15) is 22.3 Å². The lowest BCUT2D eigenvalue weighted by atomic mass is 10.2. The van der Waals surface area contributed by atoms with Crippen molar-refractivity contribution in [1.82, 2.24) is 24.5 Å². The van der Waals surface area contributed by atoms with Gasteiger partial charge in [-0.05, 0) is 17.7 Å². The van der Waals surface area contributed by atoms with Crippen LogP contribution in [0.5, 0.6) is 0 Å². The summed E-state index contributed by atoms with van der Waals surface area (Å²) >= 11 is 11.9. The number of hydrogen-bond donors (Lipinski definition) is 2. The topological polar surface area (TPSA) is 115 Å². The Balaban J connectivity index is 1.52. The predicted octanol–water partition coefficient (Wildman–Crippen LogP) is 2.56. The van der Waals surface area contributed by atoms with E-state index in [1.807, 2.05) is 6.07 Å². The summed E-state index contributed by atoms with van der Waals surface area (Å²) in [4.78, 5) is 26.8.